The minimum Gasteiger partial charge on any atom is -0.497 e. The molecule has 0 saturated carbocycles. The van der Waals surface area contributed by atoms with Crippen LogP contribution in [-0.2, 0) is 15.1 Å². The topological polar surface area (TPSA) is 35.5 Å². The van der Waals surface area contributed by atoms with Gasteiger partial charge in [0.05, 0.1) is 10.7 Å². The summed E-state index contributed by atoms with van der Waals surface area (Å²) < 4.78 is 11.2. The van der Waals surface area contributed by atoms with E-state index >= 15 is 0 Å². The maximum atomic E-state index is 11.5. The Bertz CT molecular complexity index is 512. The van der Waals surface area contributed by atoms with Gasteiger partial charge in [-0.1, -0.05) is 23.7 Å². The molecule has 0 aliphatic carbocycles. The van der Waals surface area contributed by atoms with Crippen LogP contribution in [0.25, 0.3) is 0 Å². The normalized spacial score (nSPS) is 23.9. The van der Waals surface area contributed by atoms with Crippen LogP contribution < -0.4 is 4.74 Å². The van der Waals surface area contributed by atoms with E-state index in [0.29, 0.717) is 9.33 Å². The average Bonchev–Trinajstić information content (AvgIpc) is 2.55. The van der Waals surface area contributed by atoms with Crippen molar-refractivity contribution in [2.75, 3.05) is 7.11 Å². The molecule has 1 aliphatic rings. The van der Waals surface area contributed by atoms with Gasteiger partial charge in [-0.3, -0.25) is 0 Å². The minimum absolute atomic E-state index is 0.149. The number of hydrogen-bond donors (Lipinski definition) is 0. The van der Waals surface area contributed by atoms with Crippen molar-refractivity contribution in [2.45, 2.75) is 12.5 Å². The molecule has 0 amide bonds. The Labute approximate surface area is 118 Å². The van der Waals surface area contributed by atoms with Crippen molar-refractivity contribution in [3.05, 3.63) is 38.4 Å². The van der Waals surface area contributed by atoms with Gasteiger partial charge in [0.25, 0.3) is 0 Å². The maximum Gasteiger partial charge on any atom is 0.351 e. The monoisotopic (exact) mass is 364 g/mol. The zero-order valence-electron chi connectivity index (χ0n) is 9.29. The van der Waals surface area contributed by atoms with Crippen LogP contribution in [0.2, 0.25) is 0 Å². The summed E-state index contributed by atoms with van der Waals surface area (Å²) in [7, 11) is 1.59. The first kappa shape index (κ1) is 12.7. The van der Waals surface area contributed by atoms with Gasteiger partial charge in [0, 0.05) is 5.56 Å². The lowest BCUT2D eigenvalue weighted by Gasteiger charge is -2.24. The van der Waals surface area contributed by atoms with Crippen molar-refractivity contribution in [1.29, 1.82) is 0 Å². The summed E-state index contributed by atoms with van der Waals surface area (Å²) in [5, 5.41) is 0.149. The first-order valence-corrected chi connectivity index (χ1v) is 6.38. The third-order valence-electron chi connectivity index (χ3n) is 2.71. The molecule has 1 aromatic rings. The fourth-order valence-corrected chi connectivity index (χ4v) is 2.54. The molecule has 17 heavy (non-hydrogen) atoms. The fourth-order valence-electron chi connectivity index (χ4n) is 1.68. The molecule has 2 rings (SSSR count). The SMILES string of the molecule is COc1cccc(C2(C)OC(=O)C(Cl)=C2I)c1. The number of benzene rings is 1. The van der Waals surface area contributed by atoms with E-state index < -0.39 is 11.6 Å². The Kier molecular flexibility index (Phi) is 3.36. The standard InChI is InChI=1S/C12H10ClIO3/c1-12(10(14)9(13)11(15)17-12)7-4-3-5-8(6-7)16-2/h3-6H,1-2H3. The first-order chi connectivity index (χ1) is 7.99. The van der Waals surface area contributed by atoms with E-state index in [4.69, 9.17) is 21.1 Å². The van der Waals surface area contributed by atoms with Gasteiger partial charge in [0.1, 0.15) is 10.8 Å². The fraction of sp³-hybridized carbons (Fsp3) is 0.250. The molecule has 1 aromatic carbocycles. The van der Waals surface area contributed by atoms with Gasteiger partial charge in [-0.15, -0.1) is 0 Å². The van der Waals surface area contributed by atoms with Gasteiger partial charge in [-0.05, 0) is 41.6 Å². The highest BCUT2D eigenvalue weighted by molar-refractivity contribution is 14.1. The number of halogens is 2. The van der Waals surface area contributed by atoms with Crippen molar-refractivity contribution in [2.24, 2.45) is 0 Å². The Hall–Kier alpha value is -0.750. The molecule has 0 radical (unpaired) electrons. The van der Waals surface area contributed by atoms with E-state index in [2.05, 4.69) is 0 Å². The van der Waals surface area contributed by atoms with Gasteiger partial charge in [0.15, 0.2) is 5.60 Å². The van der Waals surface area contributed by atoms with Crippen LogP contribution in [0, 0.1) is 0 Å². The van der Waals surface area contributed by atoms with Crippen molar-refractivity contribution >= 4 is 40.2 Å². The Morgan fingerprint density at radius 1 is 1.47 bits per heavy atom. The number of hydrogen-bond acceptors (Lipinski definition) is 3. The third-order valence-corrected chi connectivity index (χ3v) is 4.94. The molecule has 0 aromatic heterocycles. The van der Waals surface area contributed by atoms with Crippen molar-refractivity contribution in [1.82, 2.24) is 0 Å². The number of ether oxygens (including phenoxy) is 2. The summed E-state index contributed by atoms with van der Waals surface area (Å²) >= 11 is 7.93. The van der Waals surface area contributed by atoms with Gasteiger partial charge >= 0.3 is 5.97 Å². The highest BCUT2D eigenvalue weighted by atomic mass is 127. The smallest absolute Gasteiger partial charge is 0.351 e. The Balaban J connectivity index is 2.50. The van der Waals surface area contributed by atoms with Crippen LogP contribution >= 0.6 is 34.2 Å². The Morgan fingerprint density at radius 3 is 2.71 bits per heavy atom. The van der Waals surface area contributed by atoms with E-state index in [9.17, 15) is 4.79 Å². The third kappa shape index (κ3) is 2.04. The molecule has 90 valence electrons. The van der Waals surface area contributed by atoms with E-state index in [1.807, 2.05) is 53.8 Å². The molecule has 0 N–H and O–H groups in total. The molecule has 0 spiro atoms. The number of carbonyl (C=O) groups is 1. The molecule has 5 heteroatoms. The number of rotatable bonds is 2. The summed E-state index contributed by atoms with van der Waals surface area (Å²) in [5.41, 5.74) is 0.0220. The lowest BCUT2D eigenvalue weighted by molar-refractivity contribution is -0.145. The zero-order valence-corrected chi connectivity index (χ0v) is 12.2. The van der Waals surface area contributed by atoms with Gasteiger partial charge < -0.3 is 9.47 Å². The molecule has 1 aliphatic heterocycles. The van der Waals surface area contributed by atoms with Crippen molar-refractivity contribution < 1.29 is 14.3 Å². The van der Waals surface area contributed by atoms with E-state index in [-0.39, 0.29) is 5.03 Å². The molecular formula is C12H10ClIO3. The largest absolute Gasteiger partial charge is 0.497 e. The predicted molar refractivity (Wildman–Crippen MR) is 73.3 cm³/mol. The molecule has 1 heterocycles. The van der Waals surface area contributed by atoms with Gasteiger partial charge in [-0.2, -0.15) is 0 Å². The van der Waals surface area contributed by atoms with Crippen molar-refractivity contribution in [3.8, 4) is 5.75 Å². The second kappa shape index (κ2) is 4.49. The van der Waals surface area contributed by atoms with E-state index in [0.717, 1.165) is 5.56 Å². The summed E-state index contributed by atoms with van der Waals surface area (Å²) in [4.78, 5) is 11.5. The van der Waals surface area contributed by atoms with Crippen LogP contribution in [-0.4, -0.2) is 13.1 Å². The molecule has 1 unspecified atom stereocenters. The molecule has 0 bridgehead atoms. The maximum absolute atomic E-state index is 11.5. The van der Waals surface area contributed by atoms with E-state index in [1.165, 1.54) is 0 Å². The number of methoxy groups -OCH3 is 1. The summed E-state index contributed by atoms with van der Waals surface area (Å²) in [6, 6.07) is 7.40. The summed E-state index contributed by atoms with van der Waals surface area (Å²) in [5.74, 6) is 0.230. The van der Waals surface area contributed by atoms with Crippen LogP contribution in [0.3, 0.4) is 0 Å². The number of carbonyl (C=O) groups excluding carboxylic acids is 1. The van der Waals surface area contributed by atoms with Crippen LogP contribution in [0.15, 0.2) is 32.9 Å². The predicted octanol–water partition coefficient (Wildman–Crippen LogP) is 3.35. The second-order valence-corrected chi connectivity index (χ2v) is 5.24. The molecule has 3 nitrogen and oxygen atoms in total. The van der Waals surface area contributed by atoms with Crippen LogP contribution in [0.1, 0.15) is 12.5 Å². The quantitative estimate of drug-likeness (QED) is 0.596. The molecular weight excluding hydrogens is 354 g/mol. The van der Waals surface area contributed by atoms with Crippen LogP contribution in [0.5, 0.6) is 5.75 Å². The van der Waals surface area contributed by atoms with Crippen molar-refractivity contribution in [3.63, 3.8) is 0 Å². The lowest BCUT2D eigenvalue weighted by Crippen LogP contribution is -2.23. The summed E-state index contributed by atoms with van der Waals surface area (Å²) in [6.45, 7) is 1.82. The minimum atomic E-state index is -0.816. The zero-order chi connectivity index (χ0) is 12.6. The molecule has 0 saturated heterocycles. The van der Waals surface area contributed by atoms with Gasteiger partial charge in [0.2, 0.25) is 0 Å². The highest BCUT2D eigenvalue weighted by Crippen LogP contribution is 2.46. The number of cyclic esters (lactones) is 1. The highest BCUT2D eigenvalue weighted by Gasteiger charge is 2.44. The summed E-state index contributed by atoms with van der Waals surface area (Å²) in [6.07, 6.45) is 0. The van der Waals surface area contributed by atoms with E-state index in [1.54, 1.807) is 7.11 Å². The first-order valence-electron chi connectivity index (χ1n) is 4.92. The number of esters is 1. The molecule has 0 fully saturated rings. The average molecular weight is 365 g/mol. The Morgan fingerprint density at radius 2 is 2.18 bits per heavy atom. The van der Waals surface area contributed by atoms with Gasteiger partial charge in [-0.25, -0.2) is 4.79 Å². The second-order valence-electron chi connectivity index (χ2n) is 3.78. The van der Waals surface area contributed by atoms with Crippen LogP contribution in [0.4, 0.5) is 0 Å². The lowest BCUT2D eigenvalue weighted by atomic mass is 9.96. The molecule has 1 atom stereocenters.